The monoisotopic (exact) mass is 402 g/mol. The molecule has 0 bridgehead atoms. The summed E-state index contributed by atoms with van der Waals surface area (Å²) in [5, 5.41) is 12.0. The van der Waals surface area contributed by atoms with Gasteiger partial charge in [0, 0.05) is 24.8 Å². The summed E-state index contributed by atoms with van der Waals surface area (Å²) in [4.78, 5) is 24.2. The van der Waals surface area contributed by atoms with Crippen LogP contribution in [-0.2, 0) is 10.9 Å². The Kier molecular flexibility index (Phi) is 7.15. The topological polar surface area (TPSA) is 78.9 Å². The Balaban J connectivity index is 2.16. The first-order valence-electron chi connectivity index (χ1n) is 9.17. The van der Waals surface area contributed by atoms with Crippen LogP contribution in [0.15, 0.2) is 18.2 Å². The number of likely N-dealkylation sites (tertiary alicyclic amines) is 1. The molecule has 1 unspecified atom stereocenters. The van der Waals surface area contributed by atoms with Gasteiger partial charge in [0.1, 0.15) is 0 Å². The van der Waals surface area contributed by atoms with E-state index in [9.17, 15) is 22.8 Å². The number of carboxylic acid groups (broad SMARTS) is 1. The number of benzene rings is 1. The largest absolute Gasteiger partial charge is 0.465 e. The number of alkyl halides is 3. The Labute approximate surface area is 161 Å². The summed E-state index contributed by atoms with van der Waals surface area (Å²) in [6.07, 6.45) is -2.79. The van der Waals surface area contributed by atoms with E-state index < -0.39 is 23.8 Å². The number of ether oxygens (including phenoxy) is 1. The molecule has 1 fully saturated rings. The van der Waals surface area contributed by atoms with Crippen LogP contribution >= 0.6 is 0 Å². The van der Waals surface area contributed by atoms with E-state index in [1.165, 1.54) is 18.1 Å². The molecule has 1 heterocycles. The van der Waals surface area contributed by atoms with Crippen molar-refractivity contribution < 1.29 is 32.6 Å². The molecule has 9 heteroatoms. The number of anilines is 1. The van der Waals surface area contributed by atoms with Crippen molar-refractivity contribution in [3.05, 3.63) is 29.3 Å². The number of amides is 1. The SMILES string of the molecule is COC(=O)c1ccc(C(F)(F)F)c(NC(C)C2CCCN(C(=O)O)CCC2)c1. The summed E-state index contributed by atoms with van der Waals surface area (Å²) < 4.78 is 44.7. The van der Waals surface area contributed by atoms with Crippen molar-refractivity contribution >= 4 is 17.7 Å². The van der Waals surface area contributed by atoms with Crippen LogP contribution in [0.1, 0.15) is 48.5 Å². The fourth-order valence-corrected chi connectivity index (χ4v) is 3.55. The first-order valence-corrected chi connectivity index (χ1v) is 9.17. The van der Waals surface area contributed by atoms with Crippen molar-refractivity contribution in [1.82, 2.24) is 4.90 Å². The zero-order valence-electron chi connectivity index (χ0n) is 15.9. The Bertz CT molecular complexity index is 699. The van der Waals surface area contributed by atoms with Crippen molar-refractivity contribution in [3.63, 3.8) is 0 Å². The number of halogens is 3. The number of rotatable bonds is 4. The minimum absolute atomic E-state index is 0.0416. The van der Waals surface area contributed by atoms with E-state index in [2.05, 4.69) is 10.1 Å². The molecule has 1 aromatic rings. The molecular formula is C19H25F3N2O4. The van der Waals surface area contributed by atoms with Gasteiger partial charge in [-0.05, 0) is 56.7 Å². The van der Waals surface area contributed by atoms with Crippen molar-refractivity contribution in [1.29, 1.82) is 0 Å². The molecule has 156 valence electrons. The summed E-state index contributed by atoms with van der Waals surface area (Å²) in [5.41, 5.74) is -0.952. The highest BCUT2D eigenvalue weighted by atomic mass is 19.4. The number of hydrogen-bond acceptors (Lipinski definition) is 4. The maximum atomic E-state index is 13.4. The summed E-state index contributed by atoms with van der Waals surface area (Å²) in [6, 6.07) is 2.87. The second-order valence-electron chi connectivity index (χ2n) is 7.00. The molecule has 1 amide bonds. The Morgan fingerprint density at radius 1 is 1.25 bits per heavy atom. The number of nitrogens with one attached hydrogen (secondary N) is 1. The number of carbonyl (C=O) groups is 2. The number of hydrogen-bond donors (Lipinski definition) is 2. The Morgan fingerprint density at radius 2 is 1.86 bits per heavy atom. The molecule has 1 saturated heterocycles. The molecule has 0 spiro atoms. The van der Waals surface area contributed by atoms with Gasteiger partial charge in [0.25, 0.3) is 0 Å². The predicted octanol–water partition coefficient (Wildman–Crippen LogP) is 4.46. The molecule has 1 aromatic carbocycles. The molecule has 2 N–H and O–H groups in total. The van der Waals surface area contributed by atoms with E-state index in [1.807, 2.05) is 6.92 Å². The van der Waals surface area contributed by atoms with Crippen LogP contribution in [0.25, 0.3) is 0 Å². The van der Waals surface area contributed by atoms with Gasteiger partial charge >= 0.3 is 18.2 Å². The van der Waals surface area contributed by atoms with Crippen LogP contribution in [0, 0.1) is 5.92 Å². The van der Waals surface area contributed by atoms with Crippen LogP contribution in [0.3, 0.4) is 0 Å². The minimum atomic E-state index is -4.56. The third-order valence-corrected chi connectivity index (χ3v) is 5.11. The van der Waals surface area contributed by atoms with Crippen LogP contribution < -0.4 is 5.32 Å². The molecule has 0 aliphatic carbocycles. The lowest BCUT2D eigenvalue weighted by molar-refractivity contribution is -0.137. The lowest BCUT2D eigenvalue weighted by Crippen LogP contribution is -2.36. The quantitative estimate of drug-likeness (QED) is 0.727. The highest BCUT2D eigenvalue weighted by Crippen LogP contribution is 2.36. The average molecular weight is 402 g/mol. The van der Waals surface area contributed by atoms with Crippen LogP contribution in [0.2, 0.25) is 0 Å². The Hall–Kier alpha value is -2.45. The first kappa shape index (κ1) is 21.8. The van der Waals surface area contributed by atoms with E-state index in [0.717, 1.165) is 12.1 Å². The molecule has 1 aliphatic rings. The number of carbonyl (C=O) groups excluding carboxylic acids is 1. The molecule has 6 nitrogen and oxygen atoms in total. The van der Waals surface area contributed by atoms with Gasteiger partial charge in [0.15, 0.2) is 0 Å². The van der Waals surface area contributed by atoms with Gasteiger partial charge in [-0.15, -0.1) is 0 Å². The average Bonchev–Trinajstić information content (AvgIpc) is 2.59. The maximum Gasteiger partial charge on any atom is 0.418 e. The first-order chi connectivity index (χ1) is 13.1. The zero-order chi connectivity index (χ0) is 20.9. The van der Waals surface area contributed by atoms with E-state index in [-0.39, 0.29) is 23.2 Å². The second kappa shape index (κ2) is 9.16. The lowest BCUT2D eigenvalue weighted by atomic mass is 9.89. The zero-order valence-corrected chi connectivity index (χ0v) is 15.9. The number of nitrogens with zero attached hydrogens (tertiary/aromatic N) is 1. The third kappa shape index (κ3) is 5.53. The third-order valence-electron chi connectivity index (χ3n) is 5.11. The van der Waals surface area contributed by atoms with Gasteiger partial charge in [-0.25, -0.2) is 9.59 Å². The van der Waals surface area contributed by atoms with Gasteiger partial charge in [0.2, 0.25) is 0 Å². The smallest absolute Gasteiger partial charge is 0.418 e. The minimum Gasteiger partial charge on any atom is -0.465 e. The molecule has 0 saturated carbocycles. The molecule has 28 heavy (non-hydrogen) atoms. The molecule has 1 atom stereocenters. The summed E-state index contributed by atoms with van der Waals surface area (Å²) in [5.74, 6) is -0.608. The van der Waals surface area contributed by atoms with E-state index in [4.69, 9.17) is 5.11 Å². The van der Waals surface area contributed by atoms with E-state index in [1.54, 1.807) is 0 Å². The van der Waals surface area contributed by atoms with Gasteiger partial charge in [0.05, 0.1) is 18.2 Å². The van der Waals surface area contributed by atoms with Crippen molar-refractivity contribution in [2.75, 3.05) is 25.5 Å². The predicted molar refractivity (Wildman–Crippen MR) is 97.4 cm³/mol. The van der Waals surface area contributed by atoms with Crippen LogP contribution in [-0.4, -0.2) is 48.3 Å². The highest BCUT2D eigenvalue weighted by molar-refractivity contribution is 5.90. The van der Waals surface area contributed by atoms with E-state index in [0.29, 0.717) is 38.8 Å². The summed E-state index contributed by atoms with van der Waals surface area (Å²) in [6.45, 7) is 2.65. The maximum absolute atomic E-state index is 13.4. The van der Waals surface area contributed by atoms with Gasteiger partial charge in [-0.1, -0.05) is 0 Å². The van der Waals surface area contributed by atoms with Gasteiger partial charge in [-0.3, -0.25) is 0 Å². The van der Waals surface area contributed by atoms with Crippen LogP contribution in [0.5, 0.6) is 0 Å². The van der Waals surface area contributed by atoms with Crippen molar-refractivity contribution in [2.24, 2.45) is 5.92 Å². The molecule has 0 radical (unpaired) electrons. The normalized spacial score (nSPS) is 17.4. The molecule has 2 rings (SSSR count). The van der Waals surface area contributed by atoms with Crippen LogP contribution in [0.4, 0.5) is 23.7 Å². The molecular weight excluding hydrogens is 377 g/mol. The second-order valence-corrected chi connectivity index (χ2v) is 7.00. The highest BCUT2D eigenvalue weighted by Gasteiger charge is 2.35. The van der Waals surface area contributed by atoms with Gasteiger partial charge < -0.3 is 20.1 Å². The van der Waals surface area contributed by atoms with Crippen molar-refractivity contribution in [3.8, 4) is 0 Å². The summed E-state index contributed by atoms with van der Waals surface area (Å²) in [7, 11) is 1.17. The fourth-order valence-electron chi connectivity index (χ4n) is 3.55. The number of esters is 1. The van der Waals surface area contributed by atoms with Crippen molar-refractivity contribution in [2.45, 2.75) is 44.8 Å². The fraction of sp³-hybridized carbons (Fsp3) is 0.579. The summed E-state index contributed by atoms with van der Waals surface area (Å²) >= 11 is 0. The standard InChI is InChI=1S/C19H25F3N2O4/c1-12(13-5-3-9-24(18(26)27)10-4-6-13)23-16-11-14(17(25)28-2)7-8-15(16)19(20,21)22/h7-8,11-13,23H,3-6,9-10H2,1-2H3,(H,26,27). The Morgan fingerprint density at radius 3 is 2.36 bits per heavy atom. The van der Waals surface area contributed by atoms with E-state index >= 15 is 0 Å². The molecule has 0 aromatic heterocycles. The molecule has 1 aliphatic heterocycles. The number of methoxy groups -OCH3 is 1. The van der Waals surface area contributed by atoms with Gasteiger partial charge in [-0.2, -0.15) is 13.2 Å². The lowest BCUT2D eigenvalue weighted by Gasteiger charge is -2.31.